The Balaban J connectivity index is 1.67. The van der Waals surface area contributed by atoms with Crippen molar-refractivity contribution in [2.24, 2.45) is 0 Å². The summed E-state index contributed by atoms with van der Waals surface area (Å²) in [6.45, 7) is 0. The highest BCUT2D eigenvalue weighted by Gasteiger charge is 2.30. The van der Waals surface area contributed by atoms with Crippen molar-refractivity contribution < 1.29 is 26.4 Å². The molecule has 0 heterocycles. The first-order valence-electron chi connectivity index (χ1n) is 9.36. The number of amides is 1. The van der Waals surface area contributed by atoms with Gasteiger partial charge in [-0.25, -0.2) is 8.42 Å². The number of rotatable bonds is 6. The molecule has 33 heavy (non-hydrogen) atoms. The molecule has 3 rings (SSSR count). The van der Waals surface area contributed by atoms with Crippen LogP contribution in [0.1, 0.15) is 16.7 Å². The molecule has 6 nitrogen and oxygen atoms in total. The smallest absolute Gasteiger partial charge is 0.322 e. The molecular weight excluding hydrogens is 455 g/mol. The van der Waals surface area contributed by atoms with E-state index in [0.29, 0.717) is 22.9 Å². The van der Waals surface area contributed by atoms with Crippen molar-refractivity contribution in [3.63, 3.8) is 0 Å². The van der Waals surface area contributed by atoms with Gasteiger partial charge in [-0.15, -0.1) is 0 Å². The number of benzene rings is 3. The molecule has 10 heteroatoms. The van der Waals surface area contributed by atoms with Crippen molar-refractivity contribution in [3.8, 4) is 6.07 Å². The first kappa shape index (κ1) is 23.6. The van der Waals surface area contributed by atoms with Gasteiger partial charge in [0.25, 0.3) is 10.0 Å². The van der Waals surface area contributed by atoms with Gasteiger partial charge in [0.05, 0.1) is 22.1 Å². The van der Waals surface area contributed by atoms with Crippen LogP contribution in [0.15, 0.2) is 83.8 Å². The second kappa shape index (κ2) is 9.58. The first-order chi connectivity index (χ1) is 15.6. The molecule has 0 unspecified atom stereocenters. The number of carbonyl (C=O) groups excluding carboxylic acids is 1. The van der Waals surface area contributed by atoms with Crippen LogP contribution in [-0.2, 0) is 21.0 Å². The number of anilines is 2. The van der Waals surface area contributed by atoms with Gasteiger partial charge in [-0.3, -0.25) is 9.52 Å². The van der Waals surface area contributed by atoms with Gasteiger partial charge in [0.1, 0.15) is 0 Å². The number of halogens is 3. The minimum absolute atomic E-state index is 0.158. The van der Waals surface area contributed by atoms with Crippen LogP contribution in [0.3, 0.4) is 0 Å². The Kier molecular flexibility index (Phi) is 6.84. The molecule has 1 amide bonds. The van der Waals surface area contributed by atoms with Crippen LogP contribution in [0, 0.1) is 11.3 Å². The van der Waals surface area contributed by atoms with Crippen molar-refractivity contribution in [2.45, 2.75) is 11.1 Å². The highest BCUT2D eigenvalue weighted by molar-refractivity contribution is 7.92. The monoisotopic (exact) mass is 471 g/mol. The summed E-state index contributed by atoms with van der Waals surface area (Å²) in [4.78, 5) is 11.9. The lowest BCUT2D eigenvalue weighted by atomic mass is 10.2. The number of nitriles is 1. The predicted octanol–water partition coefficient (Wildman–Crippen LogP) is 5.03. The molecule has 0 saturated heterocycles. The highest BCUT2D eigenvalue weighted by atomic mass is 32.2. The third-order valence-electron chi connectivity index (χ3n) is 4.32. The molecule has 3 aromatic carbocycles. The van der Waals surface area contributed by atoms with E-state index < -0.39 is 27.7 Å². The van der Waals surface area contributed by atoms with E-state index in [0.717, 1.165) is 12.1 Å². The molecular formula is C23H16F3N3O3S. The van der Waals surface area contributed by atoms with Gasteiger partial charge in [-0.1, -0.05) is 24.3 Å². The minimum Gasteiger partial charge on any atom is -0.322 e. The zero-order valence-corrected chi connectivity index (χ0v) is 17.6. The van der Waals surface area contributed by atoms with Crippen molar-refractivity contribution in [3.05, 3.63) is 95.6 Å². The van der Waals surface area contributed by atoms with E-state index in [1.54, 1.807) is 18.2 Å². The zero-order chi connectivity index (χ0) is 24.1. The Labute approximate surface area is 188 Å². The molecule has 0 radical (unpaired) electrons. The van der Waals surface area contributed by atoms with Crippen LogP contribution >= 0.6 is 0 Å². The second-order valence-corrected chi connectivity index (χ2v) is 8.45. The normalized spacial score (nSPS) is 11.7. The summed E-state index contributed by atoms with van der Waals surface area (Å²) in [7, 11) is -4.12. The van der Waals surface area contributed by atoms with E-state index in [2.05, 4.69) is 10.0 Å². The fraction of sp³-hybridized carbons (Fsp3) is 0.0435. The molecule has 0 aliphatic rings. The van der Waals surface area contributed by atoms with E-state index in [4.69, 9.17) is 5.26 Å². The summed E-state index contributed by atoms with van der Waals surface area (Å²) < 4.78 is 65.6. The number of sulfonamides is 1. The van der Waals surface area contributed by atoms with Crippen LogP contribution in [0.5, 0.6) is 0 Å². The van der Waals surface area contributed by atoms with Crippen LogP contribution in [0.25, 0.3) is 6.08 Å². The number of hydrogen-bond donors (Lipinski definition) is 2. The largest absolute Gasteiger partial charge is 0.416 e. The summed E-state index contributed by atoms with van der Waals surface area (Å²) in [6, 6.07) is 17.6. The molecule has 0 aliphatic carbocycles. The summed E-state index contributed by atoms with van der Waals surface area (Å²) in [6.07, 6.45) is -1.90. The Morgan fingerprint density at radius 1 is 0.939 bits per heavy atom. The van der Waals surface area contributed by atoms with Crippen molar-refractivity contribution in [2.75, 3.05) is 10.0 Å². The standard InChI is InChI=1S/C23H16F3N3O3S/c24-23(25,26)18-4-2-6-20(14-18)29-33(31,32)21-10-7-16(8-11-21)9-12-22(30)28-19-5-1-3-17(13-19)15-27/h1-14,29H,(H,28,30)/b12-9+. The quantitative estimate of drug-likeness (QED) is 0.493. The number of nitrogens with one attached hydrogen (secondary N) is 2. The SMILES string of the molecule is N#Cc1cccc(NC(=O)/C=C/c2ccc(S(=O)(=O)Nc3cccc(C(F)(F)F)c3)cc2)c1. The third kappa shape index (κ3) is 6.44. The van der Waals surface area contributed by atoms with Gasteiger partial charge < -0.3 is 5.32 Å². The molecule has 2 N–H and O–H groups in total. The molecule has 0 fully saturated rings. The Morgan fingerprint density at radius 3 is 2.27 bits per heavy atom. The lowest BCUT2D eigenvalue weighted by Gasteiger charge is -2.11. The van der Waals surface area contributed by atoms with E-state index >= 15 is 0 Å². The van der Waals surface area contributed by atoms with Gasteiger partial charge in [0.2, 0.25) is 5.91 Å². The fourth-order valence-electron chi connectivity index (χ4n) is 2.75. The predicted molar refractivity (Wildman–Crippen MR) is 118 cm³/mol. The molecule has 0 saturated carbocycles. The lowest BCUT2D eigenvalue weighted by molar-refractivity contribution is -0.137. The van der Waals surface area contributed by atoms with E-state index in [9.17, 15) is 26.4 Å². The summed E-state index contributed by atoms with van der Waals surface area (Å²) in [5.74, 6) is -0.451. The number of carbonyl (C=O) groups is 1. The zero-order valence-electron chi connectivity index (χ0n) is 16.8. The molecule has 0 atom stereocenters. The van der Waals surface area contributed by atoms with Gasteiger partial charge in [0.15, 0.2) is 0 Å². The van der Waals surface area contributed by atoms with Crippen LogP contribution in [0.2, 0.25) is 0 Å². The average molecular weight is 471 g/mol. The van der Waals surface area contributed by atoms with E-state index in [-0.39, 0.29) is 10.6 Å². The van der Waals surface area contributed by atoms with Crippen LogP contribution in [-0.4, -0.2) is 14.3 Å². The Morgan fingerprint density at radius 2 is 1.61 bits per heavy atom. The molecule has 168 valence electrons. The Bertz CT molecular complexity index is 1340. The third-order valence-corrected chi connectivity index (χ3v) is 5.72. The Hall–Kier alpha value is -4.10. The van der Waals surface area contributed by atoms with Crippen LogP contribution in [0.4, 0.5) is 24.5 Å². The summed E-state index contributed by atoms with van der Waals surface area (Å²) in [5, 5.41) is 11.5. The molecule has 0 spiro atoms. The van der Waals surface area contributed by atoms with Crippen molar-refractivity contribution in [1.29, 1.82) is 5.26 Å². The molecule has 0 aliphatic heterocycles. The maximum absolute atomic E-state index is 12.8. The van der Waals surface area contributed by atoms with Crippen LogP contribution < -0.4 is 10.0 Å². The summed E-state index contributed by atoms with van der Waals surface area (Å²) in [5.41, 5.74) is 0.179. The van der Waals surface area contributed by atoms with Crippen molar-refractivity contribution >= 4 is 33.4 Å². The minimum atomic E-state index is -4.60. The molecule has 0 bridgehead atoms. The fourth-order valence-corrected chi connectivity index (χ4v) is 3.80. The maximum Gasteiger partial charge on any atom is 0.416 e. The van der Waals surface area contributed by atoms with Gasteiger partial charge in [-0.2, -0.15) is 18.4 Å². The van der Waals surface area contributed by atoms with E-state index in [1.165, 1.54) is 48.6 Å². The lowest BCUT2D eigenvalue weighted by Crippen LogP contribution is -2.14. The van der Waals surface area contributed by atoms with Gasteiger partial charge in [-0.05, 0) is 60.2 Å². The van der Waals surface area contributed by atoms with E-state index in [1.807, 2.05) is 6.07 Å². The highest BCUT2D eigenvalue weighted by Crippen LogP contribution is 2.31. The van der Waals surface area contributed by atoms with Gasteiger partial charge in [0, 0.05) is 17.5 Å². The second-order valence-electron chi connectivity index (χ2n) is 6.77. The molecule has 0 aromatic heterocycles. The average Bonchev–Trinajstić information content (AvgIpc) is 2.77. The summed E-state index contributed by atoms with van der Waals surface area (Å²) >= 11 is 0. The van der Waals surface area contributed by atoms with Gasteiger partial charge >= 0.3 is 6.18 Å². The number of nitrogens with zero attached hydrogens (tertiary/aromatic N) is 1. The topological polar surface area (TPSA) is 99.1 Å². The number of hydrogen-bond acceptors (Lipinski definition) is 4. The maximum atomic E-state index is 12.8. The first-order valence-corrected chi connectivity index (χ1v) is 10.8. The molecule has 3 aromatic rings. The number of alkyl halides is 3. The van der Waals surface area contributed by atoms with Crippen molar-refractivity contribution in [1.82, 2.24) is 0 Å².